The minimum atomic E-state index is -4.37. The minimum absolute atomic E-state index is 0.0536. The van der Waals surface area contributed by atoms with Crippen LogP contribution >= 0.6 is 11.8 Å². The average Bonchev–Trinajstić information content (AvgIpc) is 2.84. The molecule has 0 atom stereocenters. The highest BCUT2D eigenvalue weighted by atomic mass is 32.2. The zero-order valence-corrected chi connectivity index (χ0v) is 18.7. The maximum atomic E-state index is 13.6. The topological polar surface area (TPSA) is 61.4 Å². The molecule has 1 N–H and O–H groups in total. The second-order valence-corrected chi connectivity index (χ2v) is 8.56. The number of thioether (sulfide) groups is 1. The number of hydrogen-bond donors (Lipinski definition) is 1. The summed E-state index contributed by atoms with van der Waals surface area (Å²) in [6.07, 6.45) is -4.37. The Morgan fingerprint density at radius 2 is 1.68 bits per heavy atom. The highest BCUT2D eigenvalue weighted by molar-refractivity contribution is 7.99. The van der Waals surface area contributed by atoms with Gasteiger partial charge in [-0.3, -0.25) is 4.79 Å². The van der Waals surface area contributed by atoms with E-state index in [0.717, 1.165) is 6.07 Å². The van der Waals surface area contributed by atoms with Crippen LogP contribution in [0.2, 0.25) is 0 Å². The van der Waals surface area contributed by atoms with E-state index < -0.39 is 17.6 Å². The molecule has 1 fully saturated rings. The number of nitrogens with one attached hydrogen (secondary N) is 1. The molecule has 0 unspecified atom stereocenters. The van der Waals surface area contributed by atoms with Crippen LogP contribution < -0.4 is 15.1 Å². The number of piperazine rings is 1. The third-order valence-electron chi connectivity index (χ3n) is 5.27. The van der Waals surface area contributed by atoms with E-state index in [-0.39, 0.29) is 17.3 Å². The standard InChI is InChI=1S/C23H21F4N5OS/c24-18-6-1-2-7-19(18)28-21(33)15-34-22-9-8-20(29-30-22)32-12-10-31(11-13-32)17-5-3-4-16(14-17)23(25,26)27/h1-9,14H,10-13,15H2,(H,28,33). The van der Waals surface area contributed by atoms with Crippen LogP contribution in [0.3, 0.4) is 0 Å². The molecule has 2 aromatic carbocycles. The summed E-state index contributed by atoms with van der Waals surface area (Å²) in [5.74, 6) is -0.147. The maximum Gasteiger partial charge on any atom is 0.416 e. The van der Waals surface area contributed by atoms with E-state index in [1.54, 1.807) is 30.3 Å². The van der Waals surface area contributed by atoms with Crippen molar-refractivity contribution in [2.75, 3.05) is 47.0 Å². The first-order valence-electron chi connectivity index (χ1n) is 10.5. The number of amides is 1. The maximum absolute atomic E-state index is 13.6. The molecular weight excluding hydrogens is 470 g/mol. The smallest absolute Gasteiger partial charge is 0.368 e. The zero-order valence-electron chi connectivity index (χ0n) is 17.9. The molecule has 6 nitrogen and oxygen atoms in total. The van der Waals surface area contributed by atoms with Crippen molar-refractivity contribution in [3.63, 3.8) is 0 Å². The van der Waals surface area contributed by atoms with Gasteiger partial charge in [-0.1, -0.05) is 30.0 Å². The second kappa shape index (κ2) is 10.3. The van der Waals surface area contributed by atoms with Crippen molar-refractivity contribution in [3.05, 3.63) is 72.0 Å². The lowest BCUT2D eigenvalue weighted by Crippen LogP contribution is -2.47. The third kappa shape index (κ3) is 5.96. The first-order valence-corrected chi connectivity index (χ1v) is 11.5. The third-order valence-corrected chi connectivity index (χ3v) is 6.19. The lowest BCUT2D eigenvalue weighted by molar-refractivity contribution is -0.137. The summed E-state index contributed by atoms with van der Waals surface area (Å²) < 4.78 is 52.6. The van der Waals surface area contributed by atoms with Gasteiger partial charge in [0.15, 0.2) is 5.82 Å². The lowest BCUT2D eigenvalue weighted by Gasteiger charge is -2.36. The van der Waals surface area contributed by atoms with Crippen LogP contribution in [0.1, 0.15) is 5.56 Å². The molecule has 0 saturated carbocycles. The van der Waals surface area contributed by atoms with E-state index in [1.165, 1.54) is 36.0 Å². The Bertz CT molecular complexity index is 1130. The van der Waals surface area contributed by atoms with Crippen LogP contribution in [-0.4, -0.2) is 48.0 Å². The van der Waals surface area contributed by atoms with E-state index >= 15 is 0 Å². The summed E-state index contributed by atoms with van der Waals surface area (Å²) >= 11 is 1.18. The molecule has 3 aromatic rings. The van der Waals surface area contributed by atoms with Crippen LogP contribution in [0.15, 0.2) is 65.7 Å². The van der Waals surface area contributed by atoms with Crippen molar-refractivity contribution in [1.82, 2.24) is 10.2 Å². The molecule has 1 aliphatic rings. The molecule has 11 heteroatoms. The molecule has 0 spiro atoms. The number of aromatic nitrogens is 2. The monoisotopic (exact) mass is 491 g/mol. The molecule has 2 heterocycles. The molecule has 1 saturated heterocycles. The van der Waals surface area contributed by atoms with Crippen molar-refractivity contribution in [2.45, 2.75) is 11.2 Å². The molecule has 4 rings (SSSR count). The molecule has 1 aromatic heterocycles. The quantitative estimate of drug-likeness (QED) is 0.399. The molecule has 1 aliphatic heterocycles. The van der Waals surface area contributed by atoms with Gasteiger partial charge < -0.3 is 15.1 Å². The molecule has 178 valence electrons. The number of carbonyl (C=O) groups is 1. The van der Waals surface area contributed by atoms with Crippen molar-refractivity contribution in [1.29, 1.82) is 0 Å². The van der Waals surface area contributed by atoms with Gasteiger partial charge in [0.2, 0.25) is 5.91 Å². The highest BCUT2D eigenvalue weighted by Gasteiger charge is 2.31. The van der Waals surface area contributed by atoms with E-state index in [2.05, 4.69) is 15.5 Å². The van der Waals surface area contributed by atoms with Crippen molar-refractivity contribution in [2.24, 2.45) is 0 Å². The fourth-order valence-electron chi connectivity index (χ4n) is 3.52. The van der Waals surface area contributed by atoms with Gasteiger partial charge in [-0.2, -0.15) is 13.2 Å². The number of benzene rings is 2. The summed E-state index contributed by atoms with van der Waals surface area (Å²) in [6.45, 7) is 2.27. The van der Waals surface area contributed by atoms with Crippen LogP contribution in [0.5, 0.6) is 0 Å². The molecule has 0 radical (unpaired) electrons. The Morgan fingerprint density at radius 3 is 2.35 bits per heavy atom. The number of anilines is 3. The molecule has 0 aliphatic carbocycles. The number of halogens is 4. The van der Waals surface area contributed by atoms with Crippen molar-refractivity contribution < 1.29 is 22.4 Å². The van der Waals surface area contributed by atoms with Crippen LogP contribution in [0.25, 0.3) is 0 Å². The zero-order chi connectivity index (χ0) is 24.1. The first-order chi connectivity index (χ1) is 16.3. The molecular formula is C23H21F4N5OS. The van der Waals surface area contributed by atoms with Gasteiger partial charge in [-0.05, 0) is 42.5 Å². The van der Waals surface area contributed by atoms with Gasteiger partial charge in [-0.15, -0.1) is 10.2 Å². The van der Waals surface area contributed by atoms with Gasteiger partial charge in [0.1, 0.15) is 10.8 Å². The highest BCUT2D eigenvalue weighted by Crippen LogP contribution is 2.32. The summed E-state index contributed by atoms with van der Waals surface area (Å²) in [7, 11) is 0. The van der Waals surface area contributed by atoms with E-state index in [4.69, 9.17) is 0 Å². The fraction of sp³-hybridized carbons (Fsp3) is 0.261. The number of carbonyl (C=O) groups excluding carboxylic acids is 1. The number of rotatable bonds is 6. The molecule has 34 heavy (non-hydrogen) atoms. The predicted octanol–water partition coefficient (Wildman–Crippen LogP) is 4.69. The predicted molar refractivity (Wildman–Crippen MR) is 124 cm³/mol. The molecule has 1 amide bonds. The van der Waals surface area contributed by atoms with Crippen LogP contribution in [0, 0.1) is 5.82 Å². The Morgan fingerprint density at radius 1 is 0.941 bits per heavy atom. The van der Waals surface area contributed by atoms with Gasteiger partial charge >= 0.3 is 6.18 Å². The number of para-hydroxylation sites is 1. The number of hydrogen-bond acceptors (Lipinski definition) is 6. The van der Waals surface area contributed by atoms with Crippen molar-refractivity contribution in [3.8, 4) is 0 Å². The van der Waals surface area contributed by atoms with Gasteiger partial charge in [0.05, 0.1) is 17.0 Å². The van der Waals surface area contributed by atoms with E-state index in [9.17, 15) is 22.4 Å². The Kier molecular flexibility index (Phi) is 7.20. The Labute approximate surface area is 198 Å². The SMILES string of the molecule is O=C(CSc1ccc(N2CCN(c3cccc(C(F)(F)F)c3)CC2)nn1)Nc1ccccc1F. The average molecular weight is 492 g/mol. The first kappa shape index (κ1) is 23.8. The summed E-state index contributed by atoms with van der Waals surface area (Å²) in [6, 6.07) is 14.8. The number of alkyl halides is 3. The van der Waals surface area contributed by atoms with E-state index in [0.29, 0.717) is 42.7 Å². The van der Waals surface area contributed by atoms with Gasteiger partial charge in [0, 0.05) is 31.9 Å². The van der Waals surface area contributed by atoms with Crippen molar-refractivity contribution >= 4 is 34.9 Å². The molecule has 0 bridgehead atoms. The second-order valence-electron chi connectivity index (χ2n) is 7.57. The Hall–Kier alpha value is -3.34. The minimum Gasteiger partial charge on any atom is -0.368 e. The van der Waals surface area contributed by atoms with E-state index in [1.807, 2.05) is 9.80 Å². The summed E-state index contributed by atoms with van der Waals surface area (Å²) in [5.41, 5.74) is 0.00810. The fourth-order valence-corrected chi connectivity index (χ4v) is 4.13. The lowest BCUT2D eigenvalue weighted by atomic mass is 10.1. The van der Waals surface area contributed by atoms with Crippen LogP contribution in [0.4, 0.5) is 34.8 Å². The summed E-state index contributed by atoms with van der Waals surface area (Å²) in [5, 5.41) is 11.4. The Balaban J connectivity index is 1.28. The number of nitrogens with zero attached hydrogens (tertiary/aromatic N) is 4. The normalized spacial score (nSPS) is 14.2. The largest absolute Gasteiger partial charge is 0.416 e. The van der Waals surface area contributed by atoms with Crippen LogP contribution in [-0.2, 0) is 11.0 Å². The van der Waals surface area contributed by atoms with Gasteiger partial charge in [-0.25, -0.2) is 4.39 Å². The van der Waals surface area contributed by atoms with Gasteiger partial charge in [0.25, 0.3) is 0 Å². The summed E-state index contributed by atoms with van der Waals surface area (Å²) in [4.78, 5) is 16.0.